The molecule has 28 heavy (non-hydrogen) atoms. The molecule has 0 atom stereocenters. The average Bonchev–Trinajstić information content (AvgIpc) is 3.14. The number of carbonyl (C=O) groups is 1. The van der Waals surface area contributed by atoms with E-state index < -0.39 is 10.9 Å². The van der Waals surface area contributed by atoms with Crippen molar-refractivity contribution in [3.05, 3.63) is 87.2 Å². The van der Waals surface area contributed by atoms with Crippen LogP contribution in [0.1, 0.15) is 27.2 Å². The fourth-order valence-electron chi connectivity index (χ4n) is 2.71. The lowest BCUT2D eigenvalue weighted by molar-refractivity contribution is -0.384. The molecule has 0 unspecified atom stereocenters. The molecule has 2 aromatic carbocycles. The number of carboxylic acid groups (broad SMARTS) is 1. The SMILES string of the molecule is Cc1ccc(C(=O)O)cc1-c1ccc(/C=C(/C#N)c2cccc([N+](=O)[O-])c2)o1. The summed E-state index contributed by atoms with van der Waals surface area (Å²) in [6, 6.07) is 15.9. The third kappa shape index (κ3) is 3.81. The largest absolute Gasteiger partial charge is 0.478 e. The zero-order chi connectivity index (χ0) is 20.3. The molecule has 3 rings (SSSR count). The molecular formula is C21H14N2O5. The summed E-state index contributed by atoms with van der Waals surface area (Å²) in [6.07, 6.45) is 1.49. The highest BCUT2D eigenvalue weighted by atomic mass is 16.6. The summed E-state index contributed by atoms with van der Waals surface area (Å²) in [5, 5.41) is 29.5. The molecular weight excluding hydrogens is 360 g/mol. The van der Waals surface area contributed by atoms with Crippen molar-refractivity contribution in [2.24, 2.45) is 0 Å². The van der Waals surface area contributed by atoms with E-state index in [0.29, 0.717) is 22.6 Å². The number of nitrogens with zero attached hydrogens (tertiary/aromatic N) is 2. The van der Waals surface area contributed by atoms with Gasteiger partial charge in [-0.3, -0.25) is 10.1 Å². The van der Waals surface area contributed by atoms with Gasteiger partial charge in [-0.05, 0) is 48.4 Å². The maximum absolute atomic E-state index is 11.2. The summed E-state index contributed by atoms with van der Waals surface area (Å²) >= 11 is 0. The number of hydrogen-bond acceptors (Lipinski definition) is 5. The van der Waals surface area contributed by atoms with E-state index in [0.717, 1.165) is 5.56 Å². The first-order valence-electron chi connectivity index (χ1n) is 8.20. The molecule has 1 N–H and O–H groups in total. The summed E-state index contributed by atoms with van der Waals surface area (Å²) in [5.74, 6) is -0.202. The number of allylic oxidation sites excluding steroid dienone is 1. The fraction of sp³-hybridized carbons (Fsp3) is 0.0476. The van der Waals surface area contributed by atoms with Crippen molar-refractivity contribution in [2.45, 2.75) is 6.92 Å². The Labute approximate surface area is 159 Å². The molecule has 7 heteroatoms. The molecule has 7 nitrogen and oxygen atoms in total. The summed E-state index contributed by atoms with van der Waals surface area (Å²) in [4.78, 5) is 21.6. The first kappa shape index (κ1) is 18.6. The Morgan fingerprint density at radius 2 is 1.96 bits per heavy atom. The second-order valence-corrected chi connectivity index (χ2v) is 6.01. The Morgan fingerprint density at radius 1 is 1.18 bits per heavy atom. The molecule has 138 valence electrons. The normalized spacial score (nSPS) is 11.1. The lowest BCUT2D eigenvalue weighted by Crippen LogP contribution is -1.96. The minimum atomic E-state index is -1.04. The maximum Gasteiger partial charge on any atom is 0.335 e. The molecule has 0 aliphatic carbocycles. The van der Waals surface area contributed by atoms with E-state index in [1.54, 1.807) is 24.3 Å². The van der Waals surface area contributed by atoms with E-state index in [4.69, 9.17) is 9.52 Å². The van der Waals surface area contributed by atoms with Crippen LogP contribution in [0.3, 0.4) is 0 Å². The predicted octanol–water partition coefficient (Wildman–Crippen LogP) is 4.93. The van der Waals surface area contributed by atoms with Crippen molar-refractivity contribution in [3.8, 4) is 17.4 Å². The van der Waals surface area contributed by atoms with Gasteiger partial charge in [-0.25, -0.2) is 4.79 Å². The molecule has 0 saturated heterocycles. The van der Waals surface area contributed by atoms with Gasteiger partial charge in [-0.2, -0.15) is 5.26 Å². The van der Waals surface area contributed by atoms with Gasteiger partial charge < -0.3 is 9.52 Å². The smallest absolute Gasteiger partial charge is 0.335 e. The molecule has 1 heterocycles. The van der Waals surface area contributed by atoms with Gasteiger partial charge in [0, 0.05) is 17.7 Å². The third-order valence-electron chi connectivity index (χ3n) is 4.15. The molecule has 0 aliphatic rings. The number of carboxylic acids is 1. The summed E-state index contributed by atoms with van der Waals surface area (Å²) in [5.41, 5.74) is 2.12. The monoisotopic (exact) mass is 374 g/mol. The second kappa shape index (κ2) is 7.60. The van der Waals surface area contributed by atoms with Crippen molar-refractivity contribution in [1.29, 1.82) is 5.26 Å². The molecule has 0 fully saturated rings. The van der Waals surface area contributed by atoms with Gasteiger partial charge in [0.2, 0.25) is 0 Å². The Balaban J connectivity index is 1.99. The number of nitro benzene ring substituents is 1. The number of benzene rings is 2. The first-order valence-corrected chi connectivity index (χ1v) is 8.20. The quantitative estimate of drug-likeness (QED) is 0.384. The number of nitriles is 1. The predicted molar refractivity (Wildman–Crippen MR) is 102 cm³/mol. The molecule has 0 amide bonds. The van der Waals surface area contributed by atoms with Crippen molar-refractivity contribution < 1.29 is 19.2 Å². The van der Waals surface area contributed by atoms with Crippen molar-refractivity contribution >= 4 is 23.3 Å². The van der Waals surface area contributed by atoms with E-state index in [1.807, 2.05) is 13.0 Å². The second-order valence-electron chi connectivity index (χ2n) is 6.01. The van der Waals surface area contributed by atoms with E-state index in [-0.39, 0.29) is 16.8 Å². The van der Waals surface area contributed by atoms with Crippen LogP contribution in [0.5, 0.6) is 0 Å². The lowest BCUT2D eigenvalue weighted by atomic mass is 10.0. The number of aromatic carboxylic acids is 1. The highest BCUT2D eigenvalue weighted by Gasteiger charge is 2.13. The van der Waals surface area contributed by atoms with Crippen molar-refractivity contribution in [3.63, 3.8) is 0 Å². The van der Waals surface area contributed by atoms with Crippen LogP contribution in [0.25, 0.3) is 23.0 Å². The van der Waals surface area contributed by atoms with Gasteiger partial charge in [0.05, 0.1) is 22.1 Å². The molecule has 0 aliphatic heterocycles. The minimum absolute atomic E-state index is 0.111. The Morgan fingerprint density at radius 3 is 2.64 bits per heavy atom. The Bertz CT molecular complexity index is 1150. The van der Waals surface area contributed by atoms with Crippen LogP contribution in [0.4, 0.5) is 5.69 Å². The molecule has 3 aromatic rings. The van der Waals surface area contributed by atoms with E-state index >= 15 is 0 Å². The minimum Gasteiger partial charge on any atom is -0.478 e. The number of aryl methyl sites for hydroxylation is 1. The molecule has 1 aromatic heterocycles. The van der Waals surface area contributed by atoms with E-state index in [2.05, 4.69) is 0 Å². The van der Waals surface area contributed by atoms with Crippen LogP contribution in [0.15, 0.2) is 59.0 Å². The standard InChI is InChI=1S/C21H14N2O5/c1-13-5-6-15(21(24)25)11-19(13)20-8-7-18(28-20)10-16(12-22)14-3-2-4-17(9-14)23(26)27/h2-11H,1H3,(H,24,25)/b16-10-. The zero-order valence-corrected chi connectivity index (χ0v) is 14.7. The van der Waals surface area contributed by atoms with E-state index in [1.165, 1.54) is 36.4 Å². The lowest BCUT2D eigenvalue weighted by Gasteiger charge is -2.04. The van der Waals surface area contributed by atoms with Crippen LogP contribution in [0.2, 0.25) is 0 Å². The number of furan rings is 1. The van der Waals surface area contributed by atoms with Crippen LogP contribution in [-0.2, 0) is 0 Å². The van der Waals surface area contributed by atoms with Crippen LogP contribution < -0.4 is 0 Å². The molecule has 0 saturated carbocycles. The first-order chi connectivity index (χ1) is 13.4. The molecule has 0 radical (unpaired) electrons. The third-order valence-corrected chi connectivity index (χ3v) is 4.15. The zero-order valence-electron chi connectivity index (χ0n) is 14.7. The Hall–Kier alpha value is -4.18. The van der Waals surface area contributed by atoms with Crippen molar-refractivity contribution in [2.75, 3.05) is 0 Å². The number of non-ortho nitro benzene ring substituents is 1. The summed E-state index contributed by atoms with van der Waals surface area (Å²) in [6.45, 7) is 1.84. The Kier molecular flexibility index (Phi) is 5.05. The average molecular weight is 374 g/mol. The fourth-order valence-corrected chi connectivity index (χ4v) is 2.71. The van der Waals surface area contributed by atoms with Gasteiger partial charge in [0.25, 0.3) is 5.69 Å². The highest BCUT2D eigenvalue weighted by molar-refractivity contribution is 5.90. The molecule has 0 spiro atoms. The highest BCUT2D eigenvalue weighted by Crippen LogP contribution is 2.29. The molecule has 0 bridgehead atoms. The van der Waals surface area contributed by atoms with Gasteiger partial charge in [0.1, 0.15) is 11.5 Å². The van der Waals surface area contributed by atoms with Gasteiger partial charge in [-0.1, -0.05) is 18.2 Å². The maximum atomic E-state index is 11.2. The number of hydrogen-bond donors (Lipinski definition) is 1. The van der Waals surface area contributed by atoms with Crippen LogP contribution >= 0.6 is 0 Å². The van der Waals surface area contributed by atoms with Gasteiger partial charge in [-0.15, -0.1) is 0 Å². The number of rotatable bonds is 5. The summed E-state index contributed by atoms with van der Waals surface area (Å²) in [7, 11) is 0. The van der Waals surface area contributed by atoms with E-state index in [9.17, 15) is 20.2 Å². The summed E-state index contributed by atoms with van der Waals surface area (Å²) < 4.78 is 5.76. The van der Waals surface area contributed by atoms with Crippen LogP contribution in [-0.4, -0.2) is 16.0 Å². The van der Waals surface area contributed by atoms with Gasteiger partial charge in [0.15, 0.2) is 0 Å². The van der Waals surface area contributed by atoms with Crippen molar-refractivity contribution in [1.82, 2.24) is 0 Å². The number of nitro groups is 1. The van der Waals surface area contributed by atoms with Crippen LogP contribution in [0, 0.1) is 28.4 Å². The topological polar surface area (TPSA) is 117 Å². The van der Waals surface area contributed by atoms with Gasteiger partial charge >= 0.3 is 5.97 Å².